The van der Waals surface area contributed by atoms with Crippen molar-refractivity contribution in [2.45, 2.75) is 39.1 Å². The van der Waals surface area contributed by atoms with E-state index in [-0.39, 0.29) is 19.1 Å². The van der Waals surface area contributed by atoms with Crippen LogP contribution in [0, 0.1) is 0 Å². The Bertz CT molecular complexity index is 903. The first-order valence-corrected chi connectivity index (χ1v) is 9.88. The molecule has 0 saturated heterocycles. The highest BCUT2D eigenvalue weighted by Gasteiger charge is 2.21. The molecule has 0 aliphatic heterocycles. The van der Waals surface area contributed by atoms with Crippen LogP contribution in [0.4, 0.5) is 10.5 Å². The Kier molecular flexibility index (Phi) is 8.77. The number of carbonyl (C=O) groups is 2. The van der Waals surface area contributed by atoms with Gasteiger partial charge in [0.25, 0.3) is 0 Å². The van der Waals surface area contributed by atoms with Crippen molar-refractivity contribution >= 4 is 41.0 Å². The Hall–Kier alpha value is -2.48. The molecule has 0 bridgehead atoms. The molecular formula is C21H23Cl2NO6. The van der Waals surface area contributed by atoms with Gasteiger partial charge in [-0.15, -0.1) is 0 Å². The van der Waals surface area contributed by atoms with E-state index in [0.717, 1.165) is 0 Å². The highest BCUT2D eigenvalue weighted by molar-refractivity contribution is 6.42. The van der Waals surface area contributed by atoms with Crippen molar-refractivity contribution in [3.05, 3.63) is 57.6 Å². The minimum absolute atomic E-state index is 0.00987. The maximum absolute atomic E-state index is 12.1. The number of carboxylic acid groups (broad SMARTS) is 1. The van der Waals surface area contributed by atoms with Gasteiger partial charge in [-0.2, -0.15) is 0 Å². The maximum atomic E-state index is 12.1. The van der Waals surface area contributed by atoms with Crippen LogP contribution in [0.2, 0.25) is 10.0 Å². The number of halogens is 2. The van der Waals surface area contributed by atoms with Gasteiger partial charge in [0.15, 0.2) is 6.10 Å². The van der Waals surface area contributed by atoms with Crippen LogP contribution in [-0.2, 0) is 27.3 Å². The third-order valence-corrected chi connectivity index (χ3v) is 4.73. The second kappa shape index (κ2) is 11.1. The van der Waals surface area contributed by atoms with Crippen molar-refractivity contribution in [2.75, 3.05) is 12.4 Å². The fourth-order valence-electron chi connectivity index (χ4n) is 2.63. The zero-order chi connectivity index (χ0) is 22.3. The van der Waals surface area contributed by atoms with Crippen molar-refractivity contribution in [2.24, 2.45) is 0 Å². The van der Waals surface area contributed by atoms with Crippen molar-refractivity contribution in [1.29, 1.82) is 0 Å². The molecule has 2 rings (SSSR count). The lowest BCUT2D eigenvalue weighted by Gasteiger charge is -2.17. The summed E-state index contributed by atoms with van der Waals surface area (Å²) in [5, 5.41) is 12.7. The summed E-state index contributed by atoms with van der Waals surface area (Å²) in [6.07, 6.45) is -1.73. The number of nitrogens with one attached hydrogen (secondary N) is 1. The number of methoxy groups -OCH3 is 1. The molecule has 0 heterocycles. The lowest BCUT2D eigenvalue weighted by Crippen LogP contribution is -2.29. The molecule has 2 aromatic rings. The van der Waals surface area contributed by atoms with Crippen LogP contribution >= 0.6 is 23.2 Å². The number of anilines is 1. The van der Waals surface area contributed by atoms with Crippen LogP contribution in [-0.4, -0.2) is 36.5 Å². The first-order valence-electron chi connectivity index (χ1n) is 9.12. The van der Waals surface area contributed by atoms with Gasteiger partial charge in [-0.05, 0) is 49.2 Å². The molecule has 0 aliphatic carbocycles. The van der Waals surface area contributed by atoms with E-state index in [9.17, 15) is 14.7 Å². The average molecular weight is 456 g/mol. The third-order valence-electron chi connectivity index (χ3n) is 3.99. The van der Waals surface area contributed by atoms with Gasteiger partial charge in [0, 0.05) is 6.42 Å². The number of hydrogen-bond acceptors (Lipinski definition) is 5. The smallest absolute Gasteiger partial charge is 0.412 e. The maximum Gasteiger partial charge on any atom is 0.412 e. The zero-order valence-corrected chi connectivity index (χ0v) is 18.3. The quantitative estimate of drug-likeness (QED) is 0.541. The number of aliphatic carboxylic acids is 1. The van der Waals surface area contributed by atoms with Gasteiger partial charge in [-0.3, -0.25) is 5.32 Å². The molecule has 2 aromatic carbocycles. The summed E-state index contributed by atoms with van der Waals surface area (Å²) in [5.41, 5.74) is 1.76. The van der Waals surface area contributed by atoms with E-state index in [1.54, 1.807) is 50.2 Å². The third kappa shape index (κ3) is 7.09. The van der Waals surface area contributed by atoms with Gasteiger partial charge in [0.2, 0.25) is 0 Å². The number of ether oxygens (including phenoxy) is 3. The lowest BCUT2D eigenvalue weighted by molar-refractivity contribution is -0.153. The Morgan fingerprint density at radius 2 is 1.77 bits per heavy atom. The van der Waals surface area contributed by atoms with Gasteiger partial charge in [-0.1, -0.05) is 35.3 Å². The summed E-state index contributed by atoms with van der Waals surface area (Å²) in [6.45, 7) is 3.55. The van der Waals surface area contributed by atoms with Crippen LogP contribution in [0.25, 0.3) is 0 Å². The van der Waals surface area contributed by atoms with Crippen LogP contribution in [0.5, 0.6) is 5.75 Å². The molecule has 162 valence electrons. The first kappa shape index (κ1) is 23.8. The molecule has 1 atom stereocenters. The van der Waals surface area contributed by atoms with Gasteiger partial charge in [-0.25, -0.2) is 9.59 Å². The van der Waals surface area contributed by atoms with E-state index in [2.05, 4.69) is 5.32 Å². The molecule has 2 N–H and O–H groups in total. The molecule has 9 heteroatoms. The lowest BCUT2D eigenvalue weighted by atomic mass is 10.1. The second-order valence-electron chi connectivity index (χ2n) is 6.70. The van der Waals surface area contributed by atoms with E-state index in [0.29, 0.717) is 32.6 Å². The molecular weight excluding hydrogens is 433 g/mol. The summed E-state index contributed by atoms with van der Waals surface area (Å²) in [5.74, 6) is -0.677. The Morgan fingerprint density at radius 1 is 1.07 bits per heavy atom. The van der Waals surface area contributed by atoms with Gasteiger partial charge in [0.05, 0.1) is 28.9 Å². The second-order valence-corrected chi connectivity index (χ2v) is 7.51. The number of carboxylic acids is 1. The molecule has 1 amide bonds. The first-order chi connectivity index (χ1) is 14.2. The predicted molar refractivity (Wildman–Crippen MR) is 115 cm³/mol. The molecule has 0 saturated carbocycles. The van der Waals surface area contributed by atoms with Crippen LogP contribution in [0.15, 0.2) is 36.4 Å². The van der Waals surface area contributed by atoms with Gasteiger partial charge < -0.3 is 19.3 Å². The van der Waals surface area contributed by atoms with Crippen molar-refractivity contribution in [3.8, 4) is 5.75 Å². The topological polar surface area (TPSA) is 94.1 Å². The number of amides is 1. The van der Waals surface area contributed by atoms with E-state index >= 15 is 0 Å². The number of carbonyl (C=O) groups excluding carboxylic acids is 1. The molecule has 30 heavy (non-hydrogen) atoms. The fourth-order valence-corrected chi connectivity index (χ4v) is 2.95. The molecule has 0 aliphatic rings. The van der Waals surface area contributed by atoms with E-state index in [4.69, 9.17) is 37.4 Å². The summed E-state index contributed by atoms with van der Waals surface area (Å²) in [7, 11) is 1.45. The molecule has 0 aromatic heterocycles. The average Bonchev–Trinajstić information content (AvgIpc) is 2.69. The normalized spacial score (nSPS) is 11.8. The Morgan fingerprint density at radius 3 is 2.37 bits per heavy atom. The summed E-state index contributed by atoms with van der Waals surface area (Å²) in [6, 6.07) is 9.89. The van der Waals surface area contributed by atoms with Gasteiger partial charge in [0.1, 0.15) is 12.4 Å². The number of benzene rings is 2. The zero-order valence-electron chi connectivity index (χ0n) is 16.8. The molecule has 1 unspecified atom stereocenters. The molecule has 0 radical (unpaired) electrons. The van der Waals surface area contributed by atoms with E-state index in [1.165, 1.54) is 7.11 Å². The minimum atomic E-state index is -1.05. The molecule has 0 fully saturated rings. The van der Waals surface area contributed by atoms with Gasteiger partial charge >= 0.3 is 12.1 Å². The van der Waals surface area contributed by atoms with Crippen molar-refractivity contribution < 1.29 is 28.9 Å². The predicted octanol–water partition coefficient (Wildman–Crippen LogP) is 5.17. The van der Waals surface area contributed by atoms with E-state index in [1.807, 2.05) is 0 Å². The summed E-state index contributed by atoms with van der Waals surface area (Å²) in [4.78, 5) is 23.5. The Balaban J connectivity index is 2.02. The molecule has 0 spiro atoms. The number of rotatable bonds is 9. The Labute approximate surface area is 184 Å². The monoisotopic (exact) mass is 455 g/mol. The minimum Gasteiger partial charge on any atom is -0.495 e. The van der Waals surface area contributed by atoms with E-state index < -0.39 is 18.2 Å². The van der Waals surface area contributed by atoms with Crippen LogP contribution in [0.3, 0.4) is 0 Å². The number of hydrogen-bond donors (Lipinski definition) is 2. The van der Waals surface area contributed by atoms with Crippen LogP contribution in [0.1, 0.15) is 25.0 Å². The highest BCUT2D eigenvalue weighted by Crippen LogP contribution is 2.27. The standard InChI is InChI=1S/C21H23Cl2NO6/c1-12(2)30-19(20(25)26)10-13-5-7-17(18(9-13)28-3)24-21(27)29-11-14-4-6-15(22)16(23)8-14/h4-9,12,19H,10-11H2,1-3H3,(H,24,27)(H,25,26). The SMILES string of the molecule is COc1cc(CC(OC(C)C)C(=O)O)ccc1NC(=O)OCc1ccc(Cl)c(Cl)c1. The van der Waals surface area contributed by atoms with Crippen molar-refractivity contribution in [1.82, 2.24) is 0 Å². The fraction of sp³-hybridized carbons (Fsp3) is 0.333. The molecule has 7 nitrogen and oxygen atoms in total. The van der Waals surface area contributed by atoms with Crippen LogP contribution < -0.4 is 10.1 Å². The summed E-state index contributed by atoms with van der Waals surface area (Å²) >= 11 is 11.8. The van der Waals surface area contributed by atoms with Crippen molar-refractivity contribution in [3.63, 3.8) is 0 Å². The summed E-state index contributed by atoms with van der Waals surface area (Å²) < 4.78 is 15.9. The largest absolute Gasteiger partial charge is 0.495 e. The highest BCUT2D eigenvalue weighted by atomic mass is 35.5.